The standard InChI is InChI=1S/C16H22N2O2/c1-11(2)10-17-14(13-8-6-5-7-9-13)15(19)18(12(3)4)16(17)20/h5-9,11-12,14H,10H2,1-4H3. The Bertz CT molecular complexity index is 496. The maximum absolute atomic E-state index is 12.6. The summed E-state index contributed by atoms with van der Waals surface area (Å²) in [5.74, 6) is 0.210. The summed E-state index contributed by atoms with van der Waals surface area (Å²) in [7, 11) is 0. The molecular formula is C16H22N2O2. The van der Waals surface area contributed by atoms with Gasteiger partial charge in [0, 0.05) is 12.6 Å². The Morgan fingerprint density at radius 1 is 1.05 bits per heavy atom. The molecule has 20 heavy (non-hydrogen) atoms. The van der Waals surface area contributed by atoms with Crippen LogP contribution >= 0.6 is 0 Å². The van der Waals surface area contributed by atoms with Crippen molar-refractivity contribution in [1.82, 2.24) is 9.80 Å². The van der Waals surface area contributed by atoms with E-state index in [1.807, 2.05) is 44.2 Å². The lowest BCUT2D eigenvalue weighted by atomic mass is 10.0. The Morgan fingerprint density at radius 2 is 1.65 bits per heavy atom. The predicted molar refractivity (Wildman–Crippen MR) is 78.1 cm³/mol. The summed E-state index contributed by atoms with van der Waals surface area (Å²) >= 11 is 0. The monoisotopic (exact) mass is 274 g/mol. The molecule has 1 aromatic carbocycles. The lowest BCUT2D eigenvalue weighted by Crippen LogP contribution is -2.38. The van der Waals surface area contributed by atoms with Crippen LogP contribution in [-0.4, -0.2) is 34.3 Å². The summed E-state index contributed by atoms with van der Waals surface area (Å²) in [6.07, 6.45) is 0. The van der Waals surface area contributed by atoms with Gasteiger partial charge in [0.1, 0.15) is 6.04 Å². The topological polar surface area (TPSA) is 40.6 Å². The summed E-state index contributed by atoms with van der Waals surface area (Å²) < 4.78 is 0. The van der Waals surface area contributed by atoms with Crippen LogP contribution in [0, 0.1) is 5.92 Å². The zero-order chi connectivity index (χ0) is 14.9. The van der Waals surface area contributed by atoms with Crippen molar-refractivity contribution in [2.24, 2.45) is 5.92 Å². The number of amides is 3. The van der Waals surface area contributed by atoms with Gasteiger partial charge in [-0.05, 0) is 25.3 Å². The van der Waals surface area contributed by atoms with Gasteiger partial charge in [0.2, 0.25) is 0 Å². The molecule has 4 heteroatoms. The number of rotatable bonds is 4. The van der Waals surface area contributed by atoms with Crippen LogP contribution in [0.5, 0.6) is 0 Å². The smallest absolute Gasteiger partial charge is 0.308 e. The molecule has 4 nitrogen and oxygen atoms in total. The van der Waals surface area contributed by atoms with Gasteiger partial charge in [0.05, 0.1) is 0 Å². The number of carbonyl (C=O) groups excluding carboxylic acids is 2. The fourth-order valence-corrected chi connectivity index (χ4v) is 2.62. The lowest BCUT2D eigenvalue weighted by molar-refractivity contribution is -0.129. The molecule has 1 aromatic rings. The quantitative estimate of drug-likeness (QED) is 0.792. The zero-order valence-corrected chi connectivity index (χ0v) is 12.5. The molecule has 1 atom stereocenters. The van der Waals surface area contributed by atoms with E-state index in [4.69, 9.17) is 0 Å². The summed E-state index contributed by atoms with van der Waals surface area (Å²) in [4.78, 5) is 28.2. The Morgan fingerprint density at radius 3 is 2.15 bits per heavy atom. The normalized spacial score (nSPS) is 19.6. The highest BCUT2D eigenvalue weighted by molar-refractivity contribution is 6.04. The van der Waals surface area contributed by atoms with Crippen LogP contribution in [0.3, 0.4) is 0 Å². The van der Waals surface area contributed by atoms with Crippen LogP contribution in [0.25, 0.3) is 0 Å². The maximum atomic E-state index is 12.6. The minimum Gasteiger partial charge on any atom is -0.308 e. The second kappa shape index (κ2) is 5.65. The van der Waals surface area contributed by atoms with Gasteiger partial charge in [-0.15, -0.1) is 0 Å². The van der Waals surface area contributed by atoms with Crippen molar-refractivity contribution < 1.29 is 9.59 Å². The van der Waals surface area contributed by atoms with Crippen LogP contribution in [0.15, 0.2) is 30.3 Å². The van der Waals surface area contributed by atoms with E-state index in [-0.39, 0.29) is 18.0 Å². The minimum absolute atomic E-state index is 0.113. The molecule has 1 aliphatic rings. The summed E-state index contributed by atoms with van der Waals surface area (Å²) in [5, 5.41) is 0. The molecule has 2 rings (SSSR count). The average molecular weight is 274 g/mol. The maximum Gasteiger partial charge on any atom is 0.327 e. The fourth-order valence-electron chi connectivity index (χ4n) is 2.62. The number of hydrogen-bond acceptors (Lipinski definition) is 2. The molecule has 0 bridgehead atoms. The number of carbonyl (C=O) groups is 2. The molecule has 1 fully saturated rings. The Kier molecular flexibility index (Phi) is 4.12. The molecule has 0 radical (unpaired) electrons. The van der Waals surface area contributed by atoms with Gasteiger partial charge >= 0.3 is 6.03 Å². The number of nitrogens with zero attached hydrogens (tertiary/aromatic N) is 2. The molecule has 0 N–H and O–H groups in total. The summed E-state index contributed by atoms with van der Waals surface area (Å²) in [6.45, 7) is 8.44. The van der Waals surface area contributed by atoms with Crippen molar-refractivity contribution in [2.75, 3.05) is 6.54 Å². The number of urea groups is 1. The Hall–Kier alpha value is -1.84. The van der Waals surface area contributed by atoms with Crippen molar-refractivity contribution in [1.29, 1.82) is 0 Å². The molecule has 1 heterocycles. The first-order valence-corrected chi connectivity index (χ1v) is 7.12. The van der Waals surface area contributed by atoms with Crippen LogP contribution < -0.4 is 0 Å². The SMILES string of the molecule is CC(C)CN1C(=O)N(C(C)C)C(=O)C1c1ccccc1. The van der Waals surface area contributed by atoms with E-state index in [0.717, 1.165) is 5.56 Å². The van der Waals surface area contributed by atoms with E-state index >= 15 is 0 Å². The van der Waals surface area contributed by atoms with Crippen LogP contribution in [0.1, 0.15) is 39.3 Å². The zero-order valence-electron chi connectivity index (χ0n) is 12.5. The van der Waals surface area contributed by atoms with Crippen molar-refractivity contribution in [3.8, 4) is 0 Å². The van der Waals surface area contributed by atoms with Crippen molar-refractivity contribution in [3.63, 3.8) is 0 Å². The first-order valence-electron chi connectivity index (χ1n) is 7.12. The highest BCUT2D eigenvalue weighted by Gasteiger charge is 2.46. The van der Waals surface area contributed by atoms with E-state index in [1.54, 1.807) is 4.90 Å². The first-order chi connectivity index (χ1) is 9.43. The van der Waals surface area contributed by atoms with Gasteiger partial charge in [0.25, 0.3) is 5.91 Å². The molecule has 0 aromatic heterocycles. The highest BCUT2D eigenvalue weighted by atomic mass is 16.2. The van der Waals surface area contributed by atoms with Crippen molar-refractivity contribution in [2.45, 2.75) is 39.8 Å². The van der Waals surface area contributed by atoms with E-state index in [1.165, 1.54) is 4.90 Å². The molecule has 3 amide bonds. The molecule has 1 unspecified atom stereocenters. The molecule has 0 aliphatic carbocycles. The largest absolute Gasteiger partial charge is 0.327 e. The lowest BCUT2D eigenvalue weighted by Gasteiger charge is -2.24. The van der Waals surface area contributed by atoms with Gasteiger partial charge in [0.15, 0.2) is 0 Å². The second-order valence-electron chi connectivity index (χ2n) is 5.94. The molecule has 0 saturated carbocycles. The second-order valence-corrected chi connectivity index (χ2v) is 5.94. The number of hydrogen-bond donors (Lipinski definition) is 0. The Balaban J connectivity index is 2.40. The van der Waals surface area contributed by atoms with Gasteiger partial charge in [-0.1, -0.05) is 44.2 Å². The summed E-state index contributed by atoms with van der Waals surface area (Å²) in [5.41, 5.74) is 0.884. The van der Waals surface area contributed by atoms with E-state index < -0.39 is 6.04 Å². The van der Waals surface area contributed by atoms with E-state index in [2.05, 4.69) is 13.8 Å². The molecule has 0 spiro atoms. The average Bonchev–Trinajstić information content (AvgIpc) is 2.61. The minimum atomic E-state index is -0.478. The van der Waals surface area contributed by atoms with Crippen molar-refractivity contribution in [3.05, 3.63) is 35.9 Å². The third-order valence-corrected chi connectivity index (χ3v) is 3.43. The van der Waals surface area contributed by atoms with Crippen LogP contribution in [-0.2, 0) is 4.79 Å². The van der Waals surface area contributed by atoms with Gasteiger partial charge in [-0.2, -0.15) is 0 Å². The predicted octanol–water partition coefficient (Wildman–Crippen LogP) is 3.06. The Labute approximate surface area is 120 Å². The molecule has 1 saturated heterocycles. The molecular weight excluding hydrogens is 252 g/mol. The van der Waals surface area contributed by atoms with Crippen LogP contribution in [0.4, 0.5) is 4.79 Å². The fraction of sp³-hybridized carbons (Fsp3) is 0.500. The van der Waals surface area contributed by atoms with Gasteiger partial charge in [-0.25, -0.2) is 4.79 Å². The van der Waals surface area contributed by atoms with E-state index in [0.29, 0.717) is 12.5 Å². The number of benzene rings is 1. The summed E-state index contributed by atoms with van der Waals surface area (Å²) in [6, 6.07) is 8.77. The molecule has 108 valence electrons. The first kappa shape index (κ1) is 14.6. The molecule has 1 aliphatic heterocycles. The third-order valence-electron chi connectivity index (χ3n) is 3.43. The van der Waals surface area contributed by atoms with Crippen molar-refractivity contribution >= 4 is 11.9 Å². The van der Waals surface area contributed by atoms with E-state index in [9.17, 15) is 9.59 Å². The van der Waals surface area contributed by atoms with Gasteiger partial charge in [-0.3, -0.25) is 9.69 Å². The third kappa shape index (κ3) is 2.55. The van der Waals surface area contributed by atoms with Crippen LogP contribution in [0.2, 0.25) is 0 Å². The van der Waals surface area contributed by atoms with Gasteiger partial charge < -0.3 is 4.90 Å². The highest BCUT2D eigenvalue weighted by Crippen LogP contribution is 2.32. The number of imide groups is 1.